The smallest absolute Gasteiger partial charge is 0.293 e. The van der Waals surface area contributed by atoms with Gasteiger partial charge in [-0.15, -0.1) is 6.58 Å². The lowest BCUT2D eigenvalue weighted by atomic mass is 9.86. The first-order valence-electron chi connectivity index (χ1n) is 8.58. The molecular weight excluding hydrogens is 304 g/mol. The lowest BCUT2D eigenvalue weighted by Crippen LogP contribution is -2.39. The molecule has 126 valence electrons. The first-order chi connectivity index (χ1) is 11.0. The van der Waals surface area contributed by atoms with E-state index in [4.69, 9.17) is 9.78 Å². The van der Waals surface area contributed by atoms with Gasteiger partial charge in [-0.3, -0.25) is 4.89 Å². The van der Waals surface area contributed by atoms with Crippen molar-refractivity contribution >= 4 is 19.2 Å². The van der Waals surface area contributed by atoms with Crippen molar-refractivity contribution in [2.24, 2.45) is 5.92 Å². The molecule has 1 aliphatic carbocycles. The molecule has 4 heteroatoms. The van der Waals surface area contributed by atoms with Gasteiger partial charge in [-0.1, -0.05) is 49.5 Å². The van der Waals surface area contributed by atoms with Crippen LogP contribution in [0.15, 0.2) is 36.5 Å². The predicted octanol–water partition coefficient (Wildman–Crippen LogP) is 4.38. The molecule has 0 N–H and O–H groups in total. The van der Waals surface area contributed by atoms with Crippen LogP contribution in [0.3, 0.4) is 0 Å². The van der Waals surface area contributed by atoms with E-state index >= 15 is 0 Å². The monoisotopic (exact) mass is 332 g/mol. The van der Waals surface area contributed by atoms with Crippen LogP contribution in [0, 0.1) is 5.92 Å². The molecule has 1 aromatic rings. The fourth-order valence-corrected chi connectivity index (χ4v) is 4.21. The molecule has 0 bridgehead atoms. The van der Waals surface area contributed by atoms with Crippen molar-refractivity contribution in [1.29, 1.82) is 0 Å². The third-order valence-electron chi connectivity index (χ3n) is 5.01. The molecule has 0 unspecified atom stereocenters. The summed E-state index contributed by atoms with van der Waals surface area (Å²) in [5, 5.41) is 1.25. The second-order valence-electron chi connectivity index (χ2n) is 7.02. The van der Waals surface area contributed by atoms with Crippen LogP contribution < -0.4 is 5.19 Å². The molecule has 1 aliphatic rings. The zero-order valence-corrected chi connectivity index (χ0v) is 15.5. The summed E-state index contributed by atoms with van der Waals surface area (Å²) in [6.45, 7) is 10.6. The summed E-state index contributed by atoms with van der Waals surface area (Å²) >= 11 is 0. The van der Waals surface area contributed by atoms with Gasteiger partial charge in [0.25, 0.3) is 0 Å². The highest BCUT2D eigenvalue weighted by atomic mass is 28.3. The van der Waals surface area contributed by atoms with Crippen LogP contribution in [-0.4, -0.2) is 20.1 Å². The maximum atomic E-state index is 12.1. The maximum Gasteiger partial charge on any atom is 0.373 e. The van der Waals surface area contributed by atoms with E-state index in [1.54, 1.807) is 0 Å². The van der Waals surface area contributed by atoms with E-state index in [1.807, 2.05) is 30.0 Å². The second kappa shape index (κ2) is 7.93. The Morgan fingerprint density at radius 2 is 1.83 bits per heavy atom. The predicted molar refractivity (Wildman–Crippen MR) is 96.3 cm³/mol. The van der Waals surface area contributed by atoms with Gasteiger partial charge < -0.3 is 0 Å². The summed E-state index contributed by atoms with van der Waals surface area (Å²) in [5.41, 5.74) is 2.57. The van der Waals surface area contributed by atoms with Gasteiger partial charge in [0.2, 0.25) is 0 Å². The van der Waals surface area contributed by atoms with Crippen LogP contribution in [-0.2, 0) is 9.78 Å². The first-order valence-corrected chi connectivity index (χ1v) is 11.7. The highest BCUT2D eigenvalue weighted by Gasteiger charge is 2.23. The largest absolute Gasteiger partial charge is 0.373 e. The summed E-state index contributed by atoms with van der Waals surface area (Å²) in [7, 11) is -1.59. The van der Waals surface area contributed by atoms with Crippen LogP contribution in [0.5, 0.6) is 0 Å². The van der Waals surface area contributed by atoms with E-state index in [1.165, 1.54) is 11.6 Å². The molecule has 0 radical (unpaired) electrons. The molecule has 1 fully saturated rings. The Bertz CT molecular complexity index is 528. The third kappa shape index (κ3) is 4.79. The summed E-state index contributed by atoms with van der Waals surface area (Å²) in [5.74, 6) is 0.391. The van der Waals surface area contributed by atoms with Crippen molar-refractivity contribution in [2.45, 2.75) is 58.2 Å². The normalized spacial score (nSPS) is 21.7. The molecule has 0 atom stereocenters. The quantitative estimate of drug-likeness (QED) is 0.440. The Hall–Kier alpha value is -1.39. The Labute approximate surface area is 140 Å². The summed E-state index contributed by atoms with van der Waals surface area (Å²) in [4.78, 5) is 22.5. The SMILES string of the molecule is C=C[Si](C)(C)c1ccc(C(=O)OOC2CCC(CC)CC2)cc1. The van der Waals surface area contributed by atoms with Gasteiger partial charge in [-0.25, -0.2) is 4.79 Å². The Balaban J connectivity index is 1.85. The van der Waals surface area contributed by atoms with Crippen molar-refractivity contribution in [3.63, 3.8) is 0 Å². The topological polar surface area (TPSA) is 35.5 Å². The number of hydrogen-bond acceptors (Lipinski definition) is 3. The Morgan fingerprint density at radius 1 is 1.22 bits per heavy atom. The average molecular weight is 333 g/mol. The molecule has 3 nitrogen and oxygen atoms in total. The zero-order chi connectivity index (χ0) is 16.9. The van der Waals surface area contributed by atoms with Gasteiger partial charge in [0.15, 0.2) is 0 Å². The molecular formula is C19H28O3Si. The van der Waals surface area contributed by atoms with Gasteiger partial charge in [0.1, 0.15) is 14.2 Å². The molecule has 0 aromatic heterocycles. The van der Waals surface area contributed by atoms with Crippen molar-refractivity contribution in [3.05, 3.63) is 42.1 Å². The van der Waals surface area contributed by atoms with Gasteiger partial charge in [0.05, 0.1) is 5.56 Å². The average Bonchev–Trinajstić information content (AvgIpc) is 2.60. The first kappa shape index (κ1) is 18.0. The molecule has 0 heterocycles. The van der Waals surface area contributed by atoms with Gasteiger partial charge in [-0.2, -0.15) is 4.89 Å². The van der Waals surface area contributed by atoms with Gasteiger partial charge in [-0.05, 0) is 43.7 Å². The third-order valence-corrected chi connectivity index (χ3v) is 7.85. The van der Waals surface area contributed by atoms with Crippen LogP contribution >= 0.6 is 0 Å². The minimum atomic E-state index is -1.59. The fourth-order valence-electron chi connectivity index (χ4n) is 2.95. The fraction of sp³-hybridized carbons (Fsp3) is 0.526. The number of carbonyl (C=O) groups excluding carboxylic acids is 1. The number of benzene rings is 1. The summed E-state index contributed by atoms with van der Waals surface area (Å²) in [6.07, 6.45) is 5.55. The van der Waals surface area contributed by atoms with Crippen molar-refractivity contribution in [3.8, 4) is 0 Å². The van der Waals surface area contributed by atoms with Crippen LogP contribution in [0.2, 0.25) is 13.1 Å². The second-order valence-corrected chi connectivity index (χ2v) is 11.5. The van der Waals surface area contributed by atoms with Crippen molar-refractivity contribution in [1.82, 2.24) is 0 Å². The summed E-state index contributed by atoms with van der Waals surface area (Å²) in [6, 6.07) is 7.62. The minimum absolute atomic E-state index is 0.0492. The minimum Gasteiger partial charge on any atom is -0.293 e. The number of carbonyl (C=O) groups is 1. The van der Waals surface area contributed by atoms with Crippen LogP contribution in [0.1, 0.15) is 49.4 Å². The van der Waals surface area contributed by atoms with E-state index in [9.17, 15) is 4.79 Å². The summed E-state index contributed by atoms with van der Waals surface area (Å²) < 4.78 is 0. The Kier molecular flexibility index (Phi) is 6.19. The van der Waals surface area contributed by atoms with Gasteiger partial charge >= 0.3 is 5.97 Å². The molecule has 1 aromatic carbocycles. The molecule has 0 amide bonds. The van der Waals surface area contributed by atoms with E-state index in [2.05, 4.69) is 26.6 Å². The lowest BCUT2D eigenvalue weighted by Gasteiger charge is -2.26. The Morgan fingerprint density at radius 3 is 2.35 bits per heavy atom. The molecule has 0 aliphatic heterocycles. The maximum absolute atomic E-state index is 12.1. The lowest BCUT2D eigenvalue weighted by molar-refractivity contribution is -0.280. The van der Waals surface area contributed by atoms with E-state index in [0.29, 0.717) is 5.56 Å². The highest BCUT2D eigenvalue weighted by Crippen LogP contribution is 2.28. The van der Waals surface area contributed by atoms with Crippen LogP contribution in [0.25, 0.3) is 0 Å². The molecule has 0 saturated heterocycles. The van der Waals surface area contributed by atoms with Gasteiger partial charge in [0, 0.05) is 0 Å². The molecule has 23 heavy (non-hydrogen) atoms. The van der Waals surface area contributed by atoms with E-state index in [-0.39, 0.29) is 6.10 Å². The highest BCUT2D eigenvalue weighted by molar-refractivity contribution is 6.93. The molecule has 1 saturated carbocycles. The molecule has 2 rings (SSSR count). The number of hydrogen-bond donors (Lipinski definition) is 0. The number of rotatable bonds is 6. The van der Waals surface area contributed by atoms with Crippen LogP contribution in [0.4, 0.5) is 0 Å². The zero-order valence-electron chi connectivity index (χ0n) is 14.5. The standard InChI is InChI=1S/C19H28O3Si/c1-5-15-7-11-17(12-8-15)21-22-19(20)16-9-13-18(14-10-16)23(3,4)6-2/h6,9-10,13-15,17H,2,5,7-8,11-12H2,1,3-4H3. The van der Waals surface area contributed by atoms with E-state index in [0.717, 1.165) is 31.6 Å². The van der Waals surface area contributed by atoms with E-state index < -0.39 is 14.0 Å². The van der Waals surface area contributed by atoms with Crippen molar-refractivity contribution in [2.75, 3.05) is 0 Å². The van der Waals surface area contributed by atoms with Crippen molar-refractivity contribution < 1.29 is 14.6 Å². The molecule has 0 spiro atoms.